The van der Waals surface area contributed by atoms with E-state index in [4.69, 9.17) is 5.73 Å². The molecular formula is C13H13N3O2S. The van der Waals surface area contributed by atoms with Crippen LogP contribution in [0.25, 0.3) is 0 Å². The number of hydrogen-bond donors (Lipinski definition) is 3. The van der Waals surface area contributed by atoms with Crippen LogP contribution in [0.1, 0.15) is 20.7 Å². The lowest BCUT2D eigenvalue weighted by Gasteiger charge is -2.09. The van der Waals surface area contributed by atoms with Crippen LogP contribution in [0, 0.1) is 0 Å². The van der Waals surface area contributed by atoms with Crippen LogP contribution in [0.15, 0.2) is 35.7 Å². The van der Waals surface area contributed by atoms with Crippen molar-refractivity contribution in [3.63, 3.8) is 0 Å². The van der Waals surface area contributed by atoms with Crippen LogP contribution in [0.4, 0.5) is 10.7 Å². The predicted octanol–water partition coefficient (Wildman–Crippen LogP) is 2.14. The first kappa shape index (κ1) is 13.1. The molecule has 0 saturated carbocycles. The Morgan fingerprint density at radius 1 is 1.16 bits per heavy atom. The van der Waals surface area contributed by atoms with E-state index in [1.807, 2.05) is 6.07 Å². The second-order valence-electron chi connectivity index (χ2n) is 3.78. The van der Waals surface area contributed by atoms with Crippen molar-refractivity contribution in [1.82, 2.24) is 0 Å². The summed E-state index contributed by atoms with van der Waals surface area (Å²) in [5.74, 6) is -0.839. The van der Waals surface area contributed by atoms with Crippen molar-refractivity contribution < 1.29 is 9.59 Å². The third-order valence-electron chi connectivity index (χ3n) is 2.60. The Labute approximate surface area is 114 Å². The predicted molar refractivity (Wildman–Crippen MR) is 76.8 cm³/mol. The molecule has 0 aliphatic heterocycles. The fourth-order valence-electron chi connectivity index (χ4n) is 1.67. The standard InChI is InChI=1S/C13H13N3O2S/c1-15-10-5-3-2-4-8(10)12(18)16-13-9(11(14)17)6-7-19-13/h2-7,15H,1H3,(H2,14,17)(H,16,18). The van der Waals surface area contributed by atoms with Gasteiger partial charge < -0.3 is 16.4 Å². The van der Waals surface area contributed by atoms with Gasteiger partial charge in [-0.15, -0.1) is 11.3 Å². The van der Waals surface area contributed by atoms with Crippen molar-refractivity contribution in [3.8, 4) is 0 Å². The molecule has 0 radical (unpaired) electrons. The van der Waals surface area contributed by atoms with Crippen LogP contribution in [0.5, 0.6) is 0 Å². The van der Waals surface area contributed by atoms with E-state index in [2.05, 4.69) is 10.6 Å². The molecule has 19 heavy (non-hydrogen) atoms. The van der Waals surface area contributed by atoms with Crippen molar-refractivity contribution in [3.05, 3.63) is 46.8 Å². The number of rotatable bonds is 4. The largest absolute Gasteiger partial charge is 0.387 e. The summed E-state index contributed by atoms with van der Waals surface area (Å²) in [5, 5.41) is 7.82. The van der Waals surface area contributed by atoms with Gasteiger partial charge in [-0.25, -0.2) is 0 Å². The fraction of sp³-hybridized carbons (Fsp3) is 0.0769. The number of carbonyl (C=O) groups excluding carboxylic acids is 2. The minimum Gasteiger partial charge on any atom is -0.387 e. The number of benzene rings is 1. The van der Waals surface area contributed by atoms with E-state index in [-0.39, 0.29) is 5.91 Å². The summed E-state index contributed by atoms with van der Waals surface area (Å²) in [7, 11) is 1.74. The second-order valence-corrected chi connectivity index (χ2v) is 4.69. The number of thiophene rings is 1. The minimum atomic E-state index is -0.557. The van der Waals surface area contributed by atoms with Gasteiger partial charge in [-0.1, -0.05) is 12.1 Å². The van der Waals surface area contributed by atoms with Gasteiger partial charge in [0.25, 0.3) is 11.8 Å². The highest BCUT2D eigenvalue weighted by atomic mass is 32.1. The third-order valence-corrected chi connectivity index (χ3v) is 3.43. The summed E-state index contributed by atoms with van der Waals surface area (Å²) in [6.07, 6.45) is 0. The highest BCUT2D eigenvalue weighted by Gasteiger charge is 2.15. The number of anilines is 2. The Bertz CT molecular complexity index is 622. The van der Waals surface area contributed by atoms with E-state index >= 15 is 0 Å². The van der Waals surface area contributed by atoms with Gasteiger partial charge in [-0.2, -0.15) is 0 Å². The molecule has 0 aliphatic rings. The van der Waals surface area contributed by atoms with Crippen LogP contribution in [0.2, 0.25) is 0 Å². The molecule has 4 N–H and O–H groups in total. The van der Waals surface area contributed by atoms with Crippen molar-refractivity contribution in [2.75, 3.05) is 17.7 Å². The highest BCUT2D eigenvalue weighted by Crippen LogP contribution is 2.24. The number of nitrogens with two attached hydrogens (primary N) is 1. The Kier molecular flexibility index (Phi) is 3.82. The SMILES string of the molecule is CNc1ccccc1C(=O)Nc1sccc1C(N)=O. The van der Waals surface area contributed by atoms with Gasteiger partial charge in [0.2, 0.25) is 0 Å². The summed E-state index contributed by atoms with van der Waals surface area (Å²) in [4.78, 5) is 23.4. The zero-order valence-electron chi connectivity index (χ0n) is 10.3. The molecule has 2 aromatic rings. The number of hydrogen-bond acceptors (Lipinski definition) is 4. The van der Waals surface area contributed by atoms with E-state index in [1.54, 1.807) is 36.7 Å². The number of primary amides is 1. The van der Waals surface area contributed by atoms with Gasteiger partial charge >= 0.3 is 0 Å². The van der Waals surface area contributed by atoms with Crippen molar-refractivity contribution in [2.24, 2.45) is 5.73 Å². The quantitative estimate of drug-likeness (QED) is 0.799. The topological polar surface area (TPSA) is 84.2 Å². The molecule has 1 aromatic heterocycles. The summed E-state index contributed by atoms with van der Waals surface area (Å²) in [5.41, 5.74) is 6.78. The Hall–Kier alpha value is -2.34. The molecule has 0 spiro atoms. The summed E-state index contributed by atoms with van der Waals surface area (Å²) in [6, 6.07) is 8.71. The molecule has 1 heterocycles. The first-order valence-electron chi connectivity index (χ1n) is 5.59. The molecule has 5 nitrogen and oxygen atoms in total. The van der Waals surface area contributed by atoms with Crippen LogP contribution in [-0.2, 0) is 0 Å². The molecule has 2 amide bonds. The second kappa shape index (κ2) is 5.53. The Morgan fingerprint density at radius 2 is 1.89 bits per heavy atom. The lowest BCUT2D eigenvalue weighted by Crippen LogP contribution is -2.17. The minimum absolute atomic E-state index is 0.282. The molecular weight excluding hydrogens is 262 g/mol. The smallest absolute Gasteiger partial charge is 0.258 e. The van der Waals surface area contributed by atoms with E-state index in [0.717, 1.165) is 5.69 Å². The van der Waals surface area contributed by atoms with Gasteiger partial charge in [0, 0.05) is 12.7 Å². The Morgan fingerprint density at radius 3 is 2.58 bits per heavy atom. The lowest BCUT2D eigenvalue weighted by molar-refractivity contribution is 0.100. The van der Waals surface area contributed by atoms with Crippen molar-refractivity contribution in [1.29, 1.82) is 0 Å². The van der Waals surface area contributed by atoms with Crippen LogP contribution in [-0.4, -0.2) is 18.9 Å². The highest BCUT2D eigenvalue weighted by molar-refractivity contribution is 7.14. The average Bonchev–Trinajstić information content (AvgIpc) is 2.87. The molecule has 0 bridgehead atoms. The maximum absolute atomic E-state index is 12.2. The summed E-state index contributed by atoms with van der Waals surface area (Å²) < 4.78 is 0. The first-order valence-corrected chi connectivity index (χ1v) is 6.47. The van der Waals surface area contributed by atoms with Crippen molar-refractivity contribution in [2.45, 2.75) is 0 Å². The van der Waals surface area contributed by atoms with Gasteiger partial charge in [0.15, 0.2) is 0 Å². The molecule has 6 heteroatoms. The molecule has 0 fully saturated rings. The van der Waals surface area contributed by atoms with E-state index in [1.165, 1.54) is 11.3 Å². The normalized spacial score (nSPS) is 9.95. The van der Waals surface area contributed by atoms with Crippen LogP contribution >= 0.6 is 11.3 Å². The van der Waals surface area contributed by atoms with Gasteiger partial charge in [0.05, 0.1) is 11.1 Å². The first-order chi connectivity index (χ1) is 9.13. The number of para-hydroxylation sites is 1. The van der Waals surface area contributed by atoms with Gasteiger partial charge in [-0.05, 0) is 23.6 Å². The maximum Gasteiger partial charge on any atom is 0.258 e. The summed E-state index contributed by atoms with van der Waals surface area (Å²) in [6.45, 7) is 0. The zero-order chi connectivity index (χ0) is 13.8. The van der Waals surface area contributed by atoms with E-state index < -0.39 is 5.91 Å². The molecule has 98 valence electrons. The molecule has 1 aromatic carbocycles. The van der Waals surface area contributed by atoms with Gasteiger partial charge in [0.1, 0.15) is 5.00 Å². The molecule has 0 saturated heterocycles. The van der Waals surface area contributed by atoms with Crippen molar-refractivity contribution >= 4 is 33.8 Å². The maximum atomic E-state index is 12.2. The number of nitrogens with one attached hydrogen (secondary N) is 2. The molecule has 0 unspecified atom stereocenters. The number of amides is 2. The van der Waals surface area contributed by atoms with E-state index in [9.17, 15) is 9.59 Å². The molecule has 0 aliphatic carbocycles. The van der Waals surface area contributed by atoms with Gasteiger partial charge in [-0.3, -0.25) is 9.59 Å². The zero-order valence-corrected chi connectivity index (χ0v) is 11.1. The third kappa shape index (κ3) is 2.74. The Balaban J connectivity index is 2.26. The molecule has 0 atom stereocenters. The van der Waals surface area contributed by atoms with Crippen LogP contribution < -0.4 is 16.4 Å². The monoisotopic (exact) mass is 275 g/mol. The van der Waals surface area contributed by atoms with Crippen LogP contribution in [0.3, 0.4) is 0 Å². The fourth-order valence-corrected chi connectivity index (χ4v) is 2.46. The lowest BCUT2D eigenvalue weighted by atomic mass is 10.1. The number of carbonyl (C=O) groups is 2. The van der Waals surface area contributed by atoms with E-state index in [0.29, 0.717) is 16.1 Å². The average molecular weight is 275 g/mol. The molecule has 2 rings (SSSR count). The summed E-state index contributed by atoms with van der Waals surface area (Å²) >= 11 is 1.26.